The first-order chi connectivity index (χ1) is 10.4. The molecule has 1 aliphatic heterocycles. The molecule has 0 unspecified atom stereocenters. The summed E-state index contributed by atoms with van der Waals surface area (Å²) in [6.07, 6.45) is 0. The minimum Gasteiger partial charge on any atom is -0.482 e. The topological polar surface area (TPSA) is 113 Å². The van der Waals surface area contributed by atoms with Crippen LogP contribution in [0.2, 0.25) is 0 Å². The monoisotopic (exact) mass is 322 g/mol. The first-order valence-electron chi connectivity index (χ1n) is 6.48. The first kappa shape index (κ1) is 14.4. The van der Waals surface area contributed by atoms with E-state index in [1.165, 1.54) is 6.07 Å². The molecule has 8 nitrogen and oxygen atoms in total. The van der Waals surface area contributed by atoms with Gasteiger partial charge >= 0.3 is 0 Å². The molecule has 22 heavy (non-hydrogen) atoms. The number of nitrogens with one attached hydrogen (secondary N) is 3. The van der Waals surface area contributed by atoms with Gasteiger partial charge in [-0.15, -0.1) is 0 Å². The minimum absolute atomic E-state index is 0.0501. The van der Waals surface area contributed by atoms with Gasteiger partial charge in [0, 0.05) is 0 Å². The van der Waals surface area contributed by atoms with Crippen LogP contribution in [0, 0.1) is 13.8 Å². The molecule has 0 saturated carbocycles. The van der Waals surface area contributed by atoms with Gasteiger partial charge in [-0.05, 0) is 32.0 Å². The van der Waals surface area contributed by atoms with Crippen molar-refractivity contribution in [2.24, 2.45) is 0 Å². The second kappa shape index (κ2) is 5.02. The number of fused-ring (bicyclic) bond motifs is 1. The zero-order valence-electron chi connectivity index (χ0n) is 11.9. The van der Waals surface area contributed by atoms with Crippen molar-refractivity contribution in [2.75, 3.05) is 16.6 Å². The Kier molecular flexibility index (Phi) is 3.28. The molecule has 1 amide bonds. The molecule has 0 fully saturated rings. The molecule has 3 N–H and O–H groups in total. The maximum absolute atomic E-state index is 12.4. The van der Waals surface area contributed by atoms with Gasteiger partial charge < -0.3 is 10.1 Å². The molecule has 0 aliphatic carbocycles. The van der Waals surface area contributed by atoms with Gasteiger partial charge in [0.25, 0.3) is 15.9 Å². The third kappa shape index (κ3) is 2.50. The highest BCUT2D eigenvalue weighted by Gasteiger charge is 2.23. The fraction of sp³-hybridized carbons (Fsp3) is 0.231. The number of H-pyrrole nitrogens is 1. The van der Waals surface area contributed by atoms with Crippen LogP contribution in [0.1, 0.15) is 11.4 Å². The number of sulfonamides is 1. The summed E-state index contributed by atoms with van der Waals surface area (Å²) in [5.74, 6) is 0.215. The average Bonchev–Trinajstić information content (AvgIpc) is 2.78. The third-order valence-corrected chi connectivity index (χ3v) is 4.84. The molecule has 0 saturated heterocycles. The Morgan fingerprint density at radius 1 is 1.32 bits per heavy atom. The summed E-state index contributed by atoms with van der Waals surface area (Å²) in [6.45, 7) is 3.19. The van der Waals surface area contributed by atoms with Gasteiger partial charge in [-0.2, -0.15) is 5.10 Å². The highest BCUT2D eigenvalue weighted by Crippen LogP contribution is 2.31. The number of aromatic nitrogens is 2. The SMILES string of the molecule is Cc1n[nH]c(C)c1S(=O)(=O)Nc1ccc2c(c1)NC(=O)CO2. The quantitative estimate of drug-likeness (QED) is 0.785. The zero-order valence-corrected chi connectivity index (χ0v) is 12.7. The zero-order chi connectivity index (χ0) is 15.9. The van der Waals surface area contributed by atoms with Crippen LogP contribution in [0.3, 0.4) is 0 Å². The molecular formula is C13H14N4O4S. The van der Waals surface area contributed by atoms with E-state index in [1.54, 1.807) is 26.0 Å². The fourth-order valence-corrected chi connectivity index (χ4v) is 3.71. The highest BCUT2D eigenvalue weighted by atomic mass is 32.2. The standard InChI is InChI=1S/C13H14N4O4S/c1-7-13(8(2)16-15-7)22(19,20)17-9-3-4-11-10(5-9)14-12(18)6-21-11/h3-5,17H,6H2,1-2H3,(H,14,18)(H,15,16). The summed E-state index contributed by atoms with van der Waals surface area (Å²) in [6, 6.07) is 4.68. The third-order valence-electron chi connectivity index (χ3n) is 3.19. The van der Waals surface area contributed by atoms with Crippen molar-refractivity contribution in [3.05, 3.63) is 29.6 Å². The number of nitrogens with zero attached hydrogens (tertiary/aromatic N) is 1. The van der Waals surface area contributed by atoms with Crippen molar-refractivity contribution in [3.63, 3.8) is 0 Å². The van der Waals surface area contributed by atoms with Crippen molar-refractivity contribution in [3.8, 4) is 5.75 Å². The van der Waals surface area contributed by atoms with Crippen molar-refractivity contribution >= 4 is 27.3 Å². The van der Waals surface area contributed by atoms with Gasteiger partial charge in [-0.1, -0.05) is 0 Å². The van der Waals surface area contributed by atoms with Crippen LogP contribution < -0.4 is 14.8 Å². The molecule has 9 heteroatoms. The lowest BCUT2D eigenvalue weighted by atomic mass is 10.2. The van der Waals surface area contributed by atoms with Crippen molar-refractivity contribution < 1.29 is 17.9 Å². The van der Waals surface area contributed by atoms with E-state index in [9.17, 15) is 13.2 Å². The summed E-state index contributed by atoms with van der Waals surface area (Å²) >= 11 is 0. The van der Waals surface area contributed by atoms with E-state index in [1.807, 2.05) is 0 Å². The van der Waals surface area contributed by atoms with Crippen LogP contribution in [-0.2, 0) is 14.8 Å². The van der Waals surface area contributed by atoms with Crippen LogP contribution in [0.25, 0.3) is 0 Å². The van der Waals surface area contributed by atoms with Crippen LogP contribution in [0.4, 0.5) is 11.4 Å². The number of rotatable bonds is 3. The number of hydrogen-bond acceptors (Lipinski definition) is 5. The van der Waals surface area contributed by atoms with E-state index in [4.69, 9.17) is 4.74 Å². The Morgan fingerprint density at radius 3 is 2.77 bits per heavy atom. The predicted molar refractivity (Wildman–Crippen MR) is 79.4 cm³/mol. The van der Waals surface area contributed by atoms with Gasteiger partial charge in [-0.3, -0.25) is 14.6 Å². The number of amides is 1. The van der Waals surface area contributed by atoms with Crippen LogP contribution >= 0.6 is 0 Å². The smallest absolute Gasteiger partial charge is 0.265 e. The summed E-state index contributed by atoms with van der Waals surface area (Å²) in [4.78, 5) is 11.4. The Bertz CT molecular complexity index is 837. The number of aryl methyl sites for hydroxylation is 2. The summed E-state index contributed by atoms with van der Waals surface area (Å²) in [5.41, 5.74) is 1.60. The molecule has 2 aromatic rings. The maximum Gasteiger partial charge on any atom is 0.265 e. The lowest BCUT2D eigenvalue weighted by molar-refractivity contribution is -0.118. The van der Waals surface area contributed by atoms with Gasteiger partial charge in [0.1, 0.15) is 10.6 Å². The fourth-order valence-electron chi connectivity index (χ4n) is 2.29. The minimum atomic E-state index is -3.77. The van der Waals surface area contributed by atoms with E-state index in [0.29, 0.717) is 28.5 Å². The second-order valence-corrected chi connectivity index (χ2v) is 6.54. The van der Waals surface area contributed by atoms with Gasteiger partial charge in [0.15, 0.2) is 6.61 Å². The lowest BCUT2D eigenvalue weighted by Crippen LogP contribution is -2.25. The molecule has 2 heterocycles. The largest absolute Gasteiger partial charge is 0.482 e. The second-order valence-electron chi connectivity index (χ2n) is 4.92. The molecule has 116 valence electrons. The number of aromatic amines is 1. The van der Waals surface area contributed by atoms with E-state index in [0.717, 1.165) is 0 Å². The lowest BCUT2D eigenvalue weighted by Gasteiger charge is -2.18. The molecular weight excluding hydrogens is 308 g/mol. The van der Waals surface area contributed by atoms with Crippen LogP contribution in [0.5, 0.6) is 5.75 Å². The number of benzene rings is 1. The molecule has 3 rings (SSSR count). The summed E-state index contributed by atoms with van der Waals surface area (Å²) < 4.78 is 32.6. The number of carbonyl (C=O) groups is 1. The first-order valence-corrected chi connectivity index (χ1v) is 7.96. The number of ether oxygens (including phenoxy) is 1. The highest BCUT2D eigenvalue weighted by molar-refractivity contribution is 7.92. The summed E-state index contributed by atoms with van der Waals surface area (Å²) in [7, 11) is -3.77. The van der Waals surface area contributed by atoms with E-state index in [-0.39, 0.29) is 17.4 Å². The van der Waals surface area contributed by atoms with E-state index < -0.39 is 10.0 Å². The van der Waals surface area contributed by atoms with Crippen molar-refractivity contribution in [2.45, 2.75) is 18.7 Å². The molecule has 0 radical (unpaired) electrons. The van der Waals surface area contributed by atoms with Gasteiger partial charge in [0.2, 0.25) is 0 Å². The predicted octanol–water partition coefficient (Wildman–Crippen LogP) is 1.16. The van der Waals surface area contributed by atoms with Crippen molar-refractivity contribution in [1.29, 1.82) is 0 Å². The van der Waals surface area contributed by atoms with E-state index in [2.05, 4.69) is 20.2 Å². The molecule has 0 spiro atoms. The molecule has 0 atom stereocenters. The average molecular weight is 322 g/mol. The van der Waals surface area contributed by atoms with Crippen LogP contribution in [0.15, 0.2) is 23.1 Å². The number of hydrogen-bond donors (Lipinski definition) is 3. The molecule has 1 aliphatic rings. The Balaban J connectivity index is 1.93. The molecule has 0 bridgehead atoms. The normalized spacial score (nSPS) is 14.0. The van der Waals surface area contributed by atoms with E-state index >= 15 is 0 Å². The molecule has 1 aromatic heterocycles. The Morgan fingerprint density at radius 2 is 2.09 bits per heavy atom. The Hall–Kier alpha value is -2.55. The van der Waals surface area contributed by atoms with Gasteiger partial charge in [-0.25, -0.2) is 8.42 Å². The number of anilines is 2. The van der Waals surface area contributed by atoms with Gasteiger partial charge in [0.05, 0.1) is 22.8 Å². The van der Waals surface area contributed by atoms with Crippen molar-refractivity contribution in [1.82, 2.24) is 10.2 Å². The number of carbonyl (C=O) groups excluding carboxylic acids is 1. The molecule has 1 aromatic carbocycles. The Labute approximate surface area is 126 Å². The summed E-state index contributed by atoms with van der Waals surface area (Å²) in [5, 5.41) is 9.15. The van der Waals surface area contributed by atoms with Crippen LogP contribution in [-0.4, -0.2) is 31.1 Å². The maximum atomic E-state index is 12.4.